The largest absolute Gasteiger partial charge is 0.373 e. The molecule has 8 heteroatoms. The molecule has 0 unspecified atom stereocenters. The summed E-state index contributed by atoms with van der Waals surface area (Å²) < 4.78 is 33.4. The highest BCUT2D eigenvalue weighted by Crippen LogP contribution is 2.34. The molecular formula is C13H21BrN2O3S2. The van der Waals surface area contributed by atoms with Crippen molar-refractivity contribution in [1.82, 2.24) is 9.62 Å². The Morgan fingerprint density at radius 1 is 1.43 bits per heavy atom. The minimum atomic E-state index is -3.47. The molecule has 120 valence electrons. The number of nitrogens with one attached hydrogen (secondary N) is 1. The topological polar surface area (TPSA) is 58.6 Å². The lowest BCUT2D eigenvalue weighted by atomic mass is 10.3. The molecule has 5 nitrogen and oxygen atoms in total. The smallest absolute Gasteiger partial charge is 0.245 e. The van der Waals surface area contributed by atoms with E-state index in [1.54, 1.807) is 6.07 Å². The van der Waals surface area contributed by atoms with E-state index >= 15 is 0 Å². The number of hydrogen-bond donors (Lipinski definition) is 1. The Balaban J connectivity index is 2.24. The Labute approximate surface area is 138 Å². The van der Waals surface area contributed by atoms with Gasteiger partial charge in [-0.25, -0.2) is 8.42 Å². The van der Waals surface area contributed by atoms with Crippen molar-refractivity contribution in [2.45, 2.75) is 44.4 Å². The van der Waals surface area contributed by atoms with Crippen LogP contribution in [-0.2, 0) is 21.3 Å². The molecule has 0 amide bonds. The average Bonchev–Trinajstić information content (AvgIpc) is 2.77. The number of thiophene rings is 1. The van der Waals surface area contributed by atoms with Crippen molar-refractivity contribution in [3.8, 4) is 0 Å². The summed E-state index contributed by atoms with van der Waals surface area (Å²) in [5, 5.41) is 3.21. The summed E-state index contributed by atoms with van der Waals surface area (Å²) >= 11 is 4.86. The zero-order valence-electron chi connectivity index (χ0n) is 12.4. The number of nitrogens with zero attached hydrogens (tertiary/aromatic N) is 1. The molecule has 1 aromatic rings. The maximum atomic E-state index is 12.8. The number of rotatable bonds is 5. The highest BCUT2D eigenvalue weighted by Gasteiger charge is 2.34. The summed E-state index contributed by atoms with van der Waals surface area (Å²) in [4.78, 5) is 1.37. The molecular weight excluding hydrogens is 376 g/mol. The molecule has 0 bridgehead atoms. The minimum Gasteiger partial charge on any atom is -0.373 e. The summed E-state index contributed by atoms with van der Waals surface area (Å²) in [5.41, 5.74) is 0. The van der Waals surface area contributed by atoms with Gasteiger partial charge in [0.2, 0.25) is 10.0 Å². The lowest BCUT2D eigenvalue weighted by Crippen LogP contribution is -2.48. The van der Waals surface area contributed by atoms with Crippen molar-refractivity contribution in [2.24, 2.45) is 0 Å². The second kappa shape index (κ2) is 7.06. The highest BCUT2D eigenvalue weighted by molar-refractivity contribution is 9.11. The van der Waals surface area contributed by atoms with Gasteiger partial charge >= 0.3 is 0 Å². The second-order valence-electron chi connectivity index (χ2n) is 5.21. The van der Waals surface area contributed by atoms with E-state index in [-0.39, 0.29) is 12.2 Å². The van der Waals surface area contributed by atoms with E-state index in [1.165, 1.54) is 15.6 Å². The fourth-order valence-corrected chi connectivity index (χ4v) is 6.57. The van der Waals surface area contributed by atoms with E-state index < -0.39 is 10.0 Å². The minimum absolute atomic E-state index is 0.0813. The maximum Gasteiger partial charge on any atom is 0.245 e. The first kappa shape index (κ1) is 17.4. The Hall–Kier alpha value is 0.01000. The SMILES string of the molecule is CCNCc1cc(S(=O)(=O)N2C[C@@H](C)O[C@@H](C)C2)c(Br)s1. The quantitative estimate of drug-likeness (QED) is 0.829. The first-order valence-corrected chi connectivity index (χ1v) is 10.0. The molecule has 21 heavy (non-hydrogen) atoms. The van der Waals surface area contributed by atoms with Gasteiger partial charge in [0.15, 0.2) is 0 Å². The van der Waals surface area contributed by atoms with Gasteiger partial charge in [0, 0.05) is 24.5 Å². The number of ether oxygens (including phenoxy) is 1. The van der Waals surface area contributed by atoms with Gasteiger partial charge in [-0.15, -0.1) is 11.3 Å². The van der Waals surface area contributed by atoms with Gasteiger partial charge in [-0.2, -0.15) is 4.31 Å². The number of morpholine rings is 1. The molecule has 2 heterocycles. The Bertz CT molecular complexity index is 578. The second-order valence-corrected chi connectivity index (χ2v) is 9.57. The fraction of sp³-hybridized carbons (Fsp3) is 0.692. The third-order valence-corrected chi connectivity index (χ3v) is 7.34. The molecule has 0 spiro atoms. The van der Waals surface area contributed by atoms with Crippen molar-refractivity contribution in [3.05, 3.63) is 14.7 Å². The monoisotopic (exact) mass is 396 g/mol. The number of sulfonamides is 1. The molecule has 1 N–H and O–H groups in total. The van der Waals surface area contributed by atoms with Gasteiger partial charge in [-0.3, -0.25) is 0 Å². The summed E-state index contributed by atoms with van der Waals surface area (Å²) in [6.07, 6.45) is -0.163. The van der Waals surface area contributed by atoms with Crippen molar-refractivity contribution in [3.63, 3.8) is 0 Å². The number of hydrogen-bond acceptors (Lipinski definition) is 5. The Morgan fingerprint density at radius 3 is 2.62 bits per heavy atom. The van der Waals surface area contributed by atoms with Crippen LogP contribution in [0.3, 0.4) is 0 Å². The van der Waals surface area contributed by atoms with Gasteiger partial charge in [0.1, 0.15) is 4.90 Å². The summed E-state index contributed by atoms with van der Waals surface area (Å²) in [5.74, 6) is 0. The van der Waals surface area contributed by atoms with Gasteiger partial charge in [0.05, 0.1) is 16.0 Å². The predicted octanol–water partition coefficient (Wildman–Crippen LogP) is 2.42. The molecule has 1 fully saturated rings. The molecule has 2 atom stereocenters. The maximum absolute atomic E-state index is 12.8. The van der Waals surface area contributed by atoms with E-state index in [0.717, 1.165) is 11.4 Å². The third-order valence-electron chi connectivity index (χ3n) is 3.26. The van der Waals surface area contributed by atoms with Crippen molar-refractivity contribution in [1.29, 1.82) is 0 Å². The zero-order chi connectivity index (χ0) is 15.6. The Morgan fingerprint density at radius 2 is 2.05 bits per heavy atom. The third kappa shape index (κ3) is 4.05. The van der Waals surface area contributed by atoms with E-state index in [9.17, 15) is 8.42 Å². The van der Waals surface area contributed by atoms with Crippen LogP contribution in [-0.4, -0.2) is 44.6 Å². The summed E-state index contributed by atoms with van der Waals surface area (Å²) in [7, 11) is -3.47. The van der Waals surface area contributed by atoms with Gasteiger partial charge in [-0.1, -0.05) is 6.92 Å². The predicted molar refractivity (Wildman–Crippen MR) is 88.2 cm³/mol. The molecule has 1 aliphatic heterocycles. The normalized spacial score (nSPS) is 24.4. The molecule has 1 aliphatic rings. The lowest BCUT2D eigenvalue weighted by Gasteiger charge is -2.34. The van der Waals surface area contributed by atoms with E-state index in [4.69, 9.17) is 4.74 Å². The summed E-state index contributed by atoms with van der Waals surface area (Å²) in [6, 6.07) is 1.76. The van der Waals surface area contributed by atoms with Crippen molar-refractivity contribution >= 4 is 37.3 Å². The van der Waals surface area contributed by atoms with Gasteiger partial charge in [-0.05, 0) is 42.4 Å². The van der Waals surface area contributed by atoms with Gasteiger partial charge < -0.3 is 10.1 Å². The lowest BCUT2D eigenvalue weighted by molar-refractivity contribution is -0.0440. The molecule has 0 saturated carbocycles. The van der Waals surface area contributed by atoms with E-state index in [1.807, 2.05) is 20.8 Å². The van der Waals surface area contributed by atoms with Gasteiger partial charge in [0.25, 0.3) is 0 Å². The van der Waals surface area contributed by atoms with E-state index in [2.05, 4.69) is 21.2 Å². The van der Waals surface area contributed by atoms with Crippen molar-refractivity contribution < 1.29 is 13.2 Å². The van der Waals surface area contributed by atoms with Crippen LogP contribution in [0.5, 0.6) is 0 Å². The van der Waals surface area contributed by atoms with Crippen LogP contribution in [0.25, 0.3) is 0 Å². The van der Waals surface area contributed by atoms with Crippen LogP contribution in [0.2, 0.25) is 0 Å². The fourth-order valence-electron chi connectivity index (χ4n) is 2.38. The number of halogens is 1. The molecule has 1 saturated heterocycles. The van der Waals surface area contributed by atoms with Crippen LogP contribution in [0, 0.1) is 0 Å². The highest BCUT2D eigenvalue weighted by atomic mass is 79.9. The van der Waals surface area contributed by atoms with Crippen molar-refractivity contribution in [2.75, 3.05) is 19.6 Å². The average molecular weight is 397 g/mol. The first-order valence-electron chi connectivity index (χ1n) is 6.99. The zero-order valence-corrected chi connectivity index (χ0v) is 15.6. The van der Waals surface area contributed by atoms with Crippen LogP contribution >= 0.6 is 27.3 Å². The molecule has 0 radical (unpaired) electrons. The molecule has 0 aromatic carbocycles. The van der Waals surface area contributed by atoms with Crippen LogP contribution in [0.1, 0.15) is 25.6 Å². The summed E-state index contributed by atoms with van der Waals surface area (Å²) in [6.45, 7) is 8.17. The first-order chi connectivity index (χ1) is 9.84. The Kier molecular flexibility index (Phi) is 5.84. The van der Waals surface area contributed by atoms with Crippen LogP contribution < -0.4 is 5.32 Å². The van der Waals surface area contributed by atoms with Crippen LogP contribution in [0.4, 0.5) is 0 Å². The van der Waals surface area contributed by atoms with Crippen LogP contribution in [0.15, 0.2) is 14.7 Å². The molecule has 1 aromatic heterocycles. The molecule has 2 rings (SSSR count). The standard InChI is InChI=1S/C13H21BrN2O3S2/c1-4-15-6-11-5-12(13(14)20-11)21(17,18)16-7-9(2)19-10(3)8-16/h5,9-10,15H,4,6-8H2,1-3H3/t9-,10+. The molecule has 0 aliphatic carbocycles. The van der Waals surface area contributed by atoms with E-state index in [0.29, 0.717) is 28.3 Å².